The van der Waals surface area contributed by atoms with Gasteiger partial charge < -0.3 is 10.1 Å². The Kier molecular flexibility index (Phi) is 4.57. The Bertz CT molecular complexity index is 799. The van der Waals surface area contributed by atoms with Gasteiger partial charge in [0.15, 0.2) is 16.5 Å². The SMILES string of the molecule is COc1ccc(CCC(=O)NCc2cn3ccsc3n2)cc1F. The molecule has 0 fully saturated rings. The quantitative estimate of drug-likeness (QED) is 0.755. The van der Waals surface area contributed by atoms with Gasteiger partial charge in [-0.15, -0.1) is 11.3 Å². The Morgan fingerprint density at radius 2 is 2.35 bits per heavy atom. The van der Waals surface area contributed by atoms with Crippen molar-refractivity contribution in [3.8, 4) is 5.75 Å². The fourth-order valence-corrected chi connectivity index (χ4v) is 2.98. The van der Waals surface area contributed by atoms with E-state index < -0.39 is 5.82 Å². The number of aromatic nitrogens is 2. The standard InChI is InChI=1S/C16H16FN3O2S/c1-22-14-4-2-11(8-13(14)17)3-5-15(21)18-9-12-10-20-6-7-23-16(20)19-12/h2,4,6-8,10H,3,5,9H2,1H3,(H,18,21). The van der Waals surface area contributed by atoms with Gasteiger partial charge in [-0.2, -0.15) is 0 Å². The van der Waals surface area contributed by atoms with Gasteiger partial charge in [-0.3, -0.25) is 9.20 Å². The molecule has 0 saturated carbocycles. The third-order valence-corrected chi connectivity index (χ3v) is 4.24. The molecular formula is C16H16FN3O2S. The van der Waals surface area contributed by atoms with Crippen LogP contribution in [0.3, 0.4) is 0 Å². The smallest absolute Gasteiger partial charge is 0.220 e. The first-order valence-electron chi connectivity index (χ1n) is 7.16. The van der Waals surface area contributed by atoms with E-state index in [1.807, 2.05) is 22.2 Å². The maximum atomic E-state index is 13.6. The first kappa shape index (κ1) is 15.5. The number of nitrogens with one attached hydrogen (secondary N) is 1. The highest BCUT2D eigenvalue weighted by molar-refractivity contribution is 7.15. The van der Waals surface area contributed by atoms with Crippen LogP contribution in [0, 0.1) is 5.82 Å². The van der Waals surface area contributed by atoms with Crippen LogP contribution in [0.5, 0.6) is 5.75 Å². The van der Waals surface area contributed by atoms with E-state index >= 15 is 0 Å². The summed E-state index contributed by atoms with van der Waals surface area (Å²) in [5.74, 6) is -0.293. The Labute approximate surface area is 136 Å². The van der Waals surface area contributed by atoms with Crippen molar-refractivity contribution >= 4 is 22.2 Å². The Morgan fingerprint density at radius 3 is 3.09 bits per heavy atom. The number of carbonyl (C=O) groups is 1. The molecule has 0 aliphatic rings. The van der Waals surface area contributed by atoms with E-state index in [0.717, 1.165) is 16.2 Å². The molecular weight excluding hydrogens is 317 g/mol. The average molecular weight is 333 g/mol. The second-order valence-corrected chi connectivity index (χ2v) is 5.94. The minimum Gasteiger partial charge on any atom is -0.494 e. The number of amides is 1. The van der Waals surface area contributed by atoms with Crippen molar-refractivity contribution in [1.29, 1.82) is 0 Å². The number of halogens is 1. The number of fused-ring (bicyclic) bond motifs is 1. The van der Waals surface area contributed by atoms with Gasteiger partial charge in [0.05, 0.1) is 19.3 Å². The summed E-state index contributed by atoms with van der Waals surface area (Å²) >= 11 is 1.55. The fraction of sp³-hybridized carbons (Fsp3) is 0.250. The molecule has 120 valence electrons. The van der Waals surface area contributed by atoms with E-state index in [1.165, 1.54) is 13.2 Å². The number of nitrogens with zero attached hydrogens (tertiary/aromatic N) is 2. The number of imidazole rings is 1. The molecule has 2 aromatic heterocycles. The third-order valence-electron chi connectivity index (χ3n) is 3.47. The van der Waals surface area contributed by atoms with Gasteiger partial charge in [0.1, 0.15) is 0 Å². The van der Waals surface area contributed by atoms with Gasteiger partial charge >= 0.3 is 0 Å². The maximum Gasteiger partial charge on any atom is 0.220 e. The lowest BCUT2D eigenvalue weighted by molar-refractivity contribution is -0.121. The Hall–Kier alpha value is -2.41. The van der Waals surface area contributed by atoms with E-state index in [9.17, 15) is 9.18 Å². The highest BCUT2D eigenvalue weighted by atomic mass is 32.1. The van der Waals surface area contributed by atoms with Crippen LogP contribution in [0.1, 0.15) is 17.7 Å². The summed E-state index contributed by atoms with van der Waals surface area (Å²) in [6.45, 7) is 0.393. The fourth-order valence-electron chi connectivity index (χ4n) is 2.26. The summed E-state index contributed by atoms with van der Waals surface area (Å²) in [5.41, 5.74) is 1.58. The zero-order chi connectivity index (χ0) is 16.2. The molecule has 0 bridgehead atoms. The molecule has 1 amide bonds. The van der Waals surface area contributed by atoms with Crippen LogP contribution in [0.4, 0.5) is 4.39 Å². The predicted octanol–water partition coefficient (Wildman–Crippen LogP) is 2.79. The molecule has 0 saturated heterocycles. The average Bonchev–Trinajstić information content (AvgIpc) is 3.12. The molecule has 3 rings (SSSR count). The number of ether oxygens (including phenoxy) is 1. The largest absolute Gasteiger partial charge is 0.494 e. The molecule has 3 aromatic rings. The summed E-state index contributed by atoms with van der Waals surface area (Å²) in [5, 5.41) is 4.79. The van der Waals surface area contributed by atoms with Crippen LogP contribution in [0.15, 0.2) is 36.0 Å². The lowest BCUT2D eigenvalue weighted by atomic mass is 10.1. The lowest BCUT2D eigenvalue weighted by Gasteiger charge is -2.06. The molecule has 23 heavy (non-hydrogen) atoms. The highest BCUT2D eigenvalue weighted by Gasteiger charge is 2.08. The van der Waals surface area contributed by atoms with E-state index in [4.69, 9.17) is 4.74 Å². The van der Waals surface area contributed by atoms with Crippen molar-refractivity contribution in [3.63, 3.8) is 0 Å². The Balaban J connectivity index is 1.49. The summed E-state index contributed by atoms with van der Waals surface area (Å²) in [6, 6.07) is 4.73. The number of thiazole rings is 1. The second kappa shape index (κ2) is 6.78. The van der Waals surface area contributed by atoms with Crippen molar-refractivity contribution in [2.75, 3.05) is 7.11 Å². The van der Waals surface area contributed by atoms with Crippen molar-refractivity contribution in [1.82, 2.24) is 14.7 Å². The van der Waals surface area contributed by atoms with Gasteiger partial charge in [-0.25, -0.2) is 9.37 Å². The van der Waals surface area contributed by atoms with Crippen LogP contribution < -0.4 is 10.1 Å². The number of carbonyl (C=O) groups excluding carboxylic acids is 1. The van der Waals surface area contributed by atoms with Crippen molar-refractivity contribution < 1.29 is 13.9 Å². The molecule has 2 heterocycles. The van der Waals surface area contributed by atoms with Crippen molar-refractivity contribution in [2.45, 2.75) is 19.4 Å². The molecule has 0 atom stereocenters. The molecule has 7 heteroatoms. The van der Waals surface area contributed by atoms with Gasteiger partial charge in [0.25, 0.3) is 0 Å². The van der Waals surface area contributed by atoms with Crippen molar-refractivity contribution in [2.24, 2.45) is 0 Å². The number of aryl methyl sites for hydroxylation is 1. The van der Waals surface area contributed by atoms with Crippen LogP contribution in [0.25, 0.3) is 4.96 Å². The minimum absolute atomic E-state index is 0.0856. The summed E-state index contributed by atoms with van der Waals surface area (Å²) in [4.78, 5) is 17.2. The normalized spacial score (nSPS) is 10.9. The molecule has 0 spiro atoms. The first-order chi connectivity index (χ1) is 11.2. The van der Waals surface area contributed by atoms with E-state index in [0.29, 0.717) is 19.4 Å². The molecule has 1 aromatic carbocycles. The molecule has 1 N–H and O–H groups in total. The summed E-state index contributed by atoms with van der Waals surface area (Å²) in [7, 11) is 1.42. The molecule has 0 radical (unpaired) electrons. The topological polar surface area (TPSA) is 55.6 Å². The third kappa shape index (κ3) is 3.68. The van der Waals surface area contributed by atoms with Crippen LogP contribution in [0.2, 0.25) is 0 Å². The molecule has 0 aliphatic heterocycles. The molecule has 0 unspecified atom stereocenters. The number of hydrogen-bond acceptors (Lipinski definition) is 4. The second-order valence-electron chi connectivity index (χ2n) is 5.07. The van der Waals surface area contributed by atoms with Crippen molar-refractivity contribution in [3.05, 3.63) is 53.0 Å². The monoisotopic (exact) mass is 333 g/mol. The zero-order valence-electron chi connectivity index (χ0n) is 12.6. The van der Waals surface area contributed by atoms with Gasteiger partial charge in [0.2, 0.25) is 5.91 Å². The van der Waals surface area contributed by atoms with Crippen LogP contribution in [-0.4, -0.2) is 22.4 Å². The molecule has 5 nitrogen and oxygen atoms in total. The maximum absolute atomic E-state index is 13.6. The summed E-state index contributed by atoms with van der Waals surface area (Å²) < 4.78 is 20.4. The molecule has 0 aliphatic carbocycles. The lowest BCUT2D eigenvalue weighted by Crippen LogP contribution is -2.23. The minimum atomic E-state index is -0.413. The number of rotatable bonds is 6. The van der Waals surface area contributed by atoms with Gasteiger partial charge in [-0.05, 0) is 24.1 Å². The highest BCUT2D eigenvalue weighted by Crippen LogP contribution is 2.18. The summed E-state index contributed by atoms with van der Waals surface area (Å²) in [6.07, 6.45) is 4.60. The zero-order valence-corrected chi connectivity index (χ0v) is 13.4. The van der Waals surface area contributed by atoms with E-state index in [-0.39, 0.29) is 11.7 Å². The number of hydrogen-bond donors (Lipinski definition) is 1. The van der Waals surface area contributed by atoms with Crippen LogP contribution >= 0.6 is 11.3 Å². The van der Waals surface area contributed by atoms with Gasteiger partial charge in [0, 0.05) is 24.2 Å². The Morgan fingerprint density at radius 1 is 1.48 bits per heavy atom. The number of benzene rings is 1. The van der Waals surface area contributed by atoms with E-state index in [1.54, 1.807) is 23.5 Å². The number of methoxy groups -OCH3 is 1. The predicted molar refractivity (Wildman–Crippen MR) is 86.2 cm³/mol. The van der Waals surface area contributed by atoms with Gasteiger partial charge in [-0.1, -0.05) is 6.07 Å². The van der Waals surface area contributed by atoms with Crippen LogP contribution in [-0.2, 0) is 17.8 Å². The first-order valence-corrected chi connectivity index (χ1v) is 8.04. The van der Waals surface area contributed by atoms with E-state index in [2.05, 4.69) is 10.3 Å².